The van der Waals surface area contributed by atoms with Gasteiger partial charge in [-0.2, -0.15) is 5.10 Å². The molecular formula is C14H18N4O3. The Morgan fingerprint density at radius 3 is 3.00 bits per heavy atom. The number of amidine groups is 1. The minimum atomic E-state index is -0.0884. The van der Waals surface area contributed by atoms with Crippen LogP contribution >= 0.6 is 0 Å². The number of oxime groups is 1. The van der Waals surface area contributed by atoms with Gasteiger partial charge in [-0.25, -0.2) is 0 Å². The van der Waals surface area contributed by atoms with Crippen molar-refractivity contribution >= 4 is 16.7 Å². The Kier molecular flexibility index (Phi) is 3.76. The molecule has 7 nitrogen and oxygen atoms in total. The van der Waals surface area contributed by atoms with Crippen LogP contribution in [0, 0.1) is 0 Å². The Balaban J connectivity index is 1.71. The number of rotatable bonds is 5. The number of fused-ring (bicyclic) bond motifs is 1. The van der Waals surface area contributed by atoms with E-state index in [1.807, 2.05) is 23.7 Å². The average molecular weight is 290 g/mol. The van der Waals surface area contributed by atoms with Gasteiger partial charge in [0.25, 0.3) is 0 Å². The lowest BCUT2D eigenvalue weighted by atomic mass is 10.1. The number of hydrogen-bond donors (Lipinski definition) is 2. The lowest BCUT2D eigenvalue weighted by Crippen LogP contribution is -2.38. The maximum absolute atomic E-state index is 8.82. The van der Waals surface area contributed by atoms with Gasteiger partial charge in [0.1, 0.15) is 0 Å². The summed E-state index contributed by atoms with van der Waals surface area (Å²) in [5, 5.41) is 17.1. The number of aromatic nitrogens is 2. The smallest absolute Gasteiger partial charge is 0.170 e. The van der Waals surface area contributed by atoms with E-state index in [0.717, 1.165) is 30.3 Å². The predicted molar refractivity (Wildman–Crippen MR) is 76.9 cm³/mol. The Morgan fingerprint density at radius 2 is 2.29 bits per heavy atom. The van der Waals surface area contributed by atoms with Crippen LogP contribution in [0.25, 0.3) is 10.9 Å². The standard InChI is InChI=1S/C14H18N4O3/c1-9-20-13(21-9)6-3-7-18-12-5-2-4-10(14(15)17-19)11(12)8-16-18/h2,4-5,8-9,13,19H,3,6-7H2,1H3,(H2,15,17). The summed E-state index contributed by atoms with van der Waals surface area (Å²) in [5.41, 5.74) is 7.32. The maximum Gasteiger partial charge on any atom is 0.170 e. The zero-order valence-corrected chi connectivity index (χ0v) is 11.8. The third kappa shape index (κ3) is 2.70. The first-order valence-corrected chi connectivity index (χ1v) is 6.92. The van der Waals surface area contributed by atoms with Crippen LogP contribution in [0.1, 0.15) is 25.3 Å². The molecule has 0 amide bonds. The third-order valence-corrected chi connectivity index (χ3v) is 3.57. The lowest BCUT2D eigenvalue weighted by molar-refractivity contribution is -0.377. The van der Waals surface area contributed by atoms with Crippen molar-refractivity contribution in [3.8, 4) is 0 Å². The zero-order valence-electron chi connectivity index (χ0n) is 11.8. The molecule has 0 bridgehead atoms. The molecule has 21 heavy (non-hydrogen) atoms. The topological polar surface area (TPSA) is 94.9 Å². The van der Waals surface area contributed by atoms with E-state index in [2.05, 4.69) is 10.3 Å². The minimum Gasteiger partial charge on any atom is -0.409 e. The lowest BCUT2D eigenvalue weighted by Gasteiger charge is -2.33. The first kappa shape index (κ1) is 13.8. The first-order valence-electron chi connectivity index (χ1n) is 6.92. The van der Waals surface area contributed by atoms with Crippen LogP contribution in [0.3, 0.4) is 0 Å². The molecule has 3 N–H and O–H groups in total. The van der Waals surface area contributed by atoms with Gasteiger partial charge in [-0.05, 0) is 19.4 Å². The van der Waals surface area contributed by atoms with Crippen molar-refractivity contribution in [1.29, 1.82) is 0 Å². The number of ether oxygens (including phenoxy) is 2. The van der Waals surface area contributed by atoms with Gasteiger partial charge in [0.15, 0.2) is 18.4 Å². The van der Waals surface area contributed by atoms with Gasteiger partial charge in [0.2, 0.25) is 0 Å². The van der Waals surface area contributed by atoms with Crippen molar-refractivity contribution in [2.24, 2.45) is 10.9 Å². The number of hydrogen-bond acceptors (Lipinski definition) is 5. The van der Waals surface area contributed by atoms with Crippen molar-refractivity contribution in [2.45, 2.75) is 38.9 Å². The van der Waals surface area contributed by atoms with Gasteiger partial charge >= 0.3 is 0 Å². The monoisotopic (exact) mass is 290 g/mol. The minimum absolute atomic E-state index is 0.0798. The summed E-state index contributed by atoms with van der Waals surface area (Å²) in [7, 11) is 0. The quantitative estimate of drug-likeness (QED) is 0.378. The fourth-order valence-corrected chi connectivity index (χ4v) is 2.54. The first-order chi connectivity index (χ1) is 10.2. The van der Waals surface area contributed by atoms with Crippen LogP contribution in [0.5, 0.6) is 0 Å². The number of nitrogens with two attached hydrogens (primary N) is 1. The largest absolute Gasteiger partial charge is 0.409 e. The van der Waals surface area contributed by atoms with Gasteiger partial charge in [-0.1, -0.05) is 17.3 Å². The second-order valence-corrected chi connectivity index (χ2v) is 5.00. The van der Waals surface area contributed by atoms with Crippen molar-refractivity contribution in [1.82, 2.24) is 9.78 Å². The van der Waals surface area contributed by atoms with Crippen LogP contribution in [0.4, 0.5) is 0 Å². The molecule has 1 aromatic heterocycles. The van der Waals surface area contributed by atoms with Crippen molar-refractivity contribution < 1.29 is 14.7 Å². The molecule has 0 saturated carbocycles. The summed E-state index contributed by atoms with van der Waals surface area (Å²) in [5.74, 6) is 0.0883. The Morgan fingerprint density at radius 1 is 1.48 bits per heavy atom. The van der Waals surface area contributed by atoms with Crippen LogP contribution < -0.4 is 5.73 Å². The van der Waals surface area contributed by atoms with Crippen LogP contribution in [0.2, 0.25) is 0 Å². The molecule has 0 unspecified atom stereocenters. The molecular weight excluding hydrogens is 272 g/mol. The van der Waals surface area contributed by atoms with Crippen molar-refractivity contribution in [3.05, 3.63) is 30.0 Å². The Hall–Kier alpha value is -2.12. The third-order valence-electron chi connectivity index (χ3n) is 3.57. The molecule has 0 atom stereocenters. The normalized spacial score (nSPS) is 22.4. The predicted octanol–water partition coefficient (Wildman–Crippen LogP) is 1.63. The number of benzene rings is 1. The van der Waals surface area contributed by atoms with Gasteiger partial charge in [0.05, 0.1) is 11.7 Å². The van der Waals surface area contributed by atoms with E-state index in [9.17, 15) is 0 Å². The molecule has 1 fully saturated rings. The second-order valence-electron chi connectivity index (χ2n) is 5.00. The molecule has 0 aliphatic carbocycles. The van der Waals surface area contributed by atoms with E-state index >= 15 is 0 Å². The summed E-state index contributed by atoms with van der Waals surface area (Å²) in [6.45, 7) is 2.65. The molecule has 0 spiro atoms. The molecule has 2 heterocycles. The van der Waals surface area contributed by atoms with Crippen LogP contribution in [-0.2, 0) is 16.0 Å². The summed E-state index contributed by atoms with van der Waals surface area (Å²) in [4.78, 5) is 0. The summed E-state index contributed by atoms with van der Waals surface area (Å²) in [6.07, 6.45) is 3.31. The van der Waals surface area contributed by atoms with Crippen molar-refractivity contribution in [3.63, 3.8) is 0 Å². The highest BCUT2D eigenvalue weighted by atomic mass is 16.9. The molecule has 0 radical (unpaired) electrons. The summed E-state index contributed by atoms with van der Waals surface area (Å²) >= 11 is 0. The molecule has 112 valence electrons. The van der Waals surface area contributed by atoms with Gasteiger partial charge in [-0.3, -0.25) is 4.68 Å². The fourth-order valence-electron chi connectivity index (χ4n) is 2.54. The van der Waals surface area contributed by atoms with E-state index in [4.69, 9.17) is 20.4 Å². The molecule has 3 rings (SSSR count). The van der Waals surface area contributed by atoms with Gasteiger partial charge in [0, 0.05) is 23.9 Å². The van der Waals surface area contributed by atoms with Crippen molar-refractivity contribution in [2.75, 3.05) is 0 Å². The zero-order chi connectivity index (χ0) is 14.8. The molecule has 1 aliphatic rings. The molecule has 7 heteroatoms. The number of nitrogens with zero attached hydrogens (tertiary/aromatic N) is 3. The fraction of sp³-hybridized carbons (Fsp3) is 0.429. The van der Waals surface area contributed by atoms with Crippen LogP contribution in [-0.4, -0.2) is 33.4 Å². The summed E-state index contributed by atoms with van der Waals surface area (Å²) < 4.78 is 12.7. The van der Waals surface area contributed by atoms with E-state index in [-0.39, 0.29) is 18.4 Å². The highest BCUT2D eigenvalue weighted by Crippen LogP contribution is 2.22. The van der Waals surface area contributed by atoms with E-state index in [1.165, 1.54) is 0 Å². The Labute approximate surface area is 121 Å². The molecule has 2 aromatic rings. The average Bonchev–Trinajstić information content (AvgIpc) is 2.88. The van der Waals surface area contributed by atoms with Gasteiger partial charge in [-0.15, -0.1) is 0 Å². The molecule has 1 aromatic carbocycles. The highest BCUT2D eigenvalue weighted by molar-refractivity contribution is 6.07. The SMILES string of the molecule is CC1OC(CCCn2ncc3c(/C(N)=N/O)cccc32)O1. The van der Waals surface area contributed by atoms with Gasteiger partial charge < -0.3 is 20.4 Å². The highest BCUT2D eigenvalue weighted by Gasteiger charge is 2.25. The van der Waals surface area contributed by atoms with E-state index in [1.54, 1.807) is 12.3 Å². The van der Waals surface area contributed by atoms with Crippen LogP contribution in [0.15, 0.2) is 29.6 Å². The number of aryl methyl sites for hydroxylation is 1. The van der Waals surface area contributed by atoms with E-state index in [0.29, 0.717) is 5.56 Å². The molecule has 1 saturated heterocycles. The van der Waals surface area contributed by atoms with E-state index < -0.39 is 0 Å². The second kappa shape index (κ2) is 5.71. The maximum atomic E-state index is 8.82. The molecule has 1 aliphatic heterocycles. The Bertz CT molecular complexity index is 661. The summed E-state index contributed by atoms with van der Waals surface area (Å²) in [6, 6.07) is 5.64.